The van der Waals surface area contributed by atoms with E-state index in [1.54, 1.807) is 7.11 Å². The molecule has 0 unspecified atom stereocenters. The first-order chi connectivity index (χ1) is 16.1. The highest BCUT2D eigenvalue weighted by molar-refractivity contribution is 7.99. The number of carbonyl (C=O) groups is 1. The number of ether oxygens (including phenoxy) is 1. The van der Waals surface area contributed by atoms with Crippen LogP contribution in [0, 0.1) is 6.92 Å². The molecule has 0 atom stereocenters. The van der Waals surface area contributed by atoms with E-state index in [1.165, 1.54) is 17.4 Å². The summed E-state index contributed by atoms with van der Waals surface area (Å²) < 4.78 is 7.18. The van der Waals surface area contributed by atoms with Crippen molar-refractivity contribution in [2.45, 2.75) is 12.1 Å². The van der Waals surface area contributed by atoms with Crippen molar-refractivity contribution in [2.24, 2.45) is 0 Å². The topological polar surface area (TPSA) is 75.5 Å². The molecule has 1 aliphatic rings. The Hall–Kier alpha value is -3.04. The second kappa shape index (κ2) is 11.2. The Bertz CT molecular complexity index is 1030. The molecule has 0 aliphatic carbocycles. The van der Waals surface area contributed by atoms with Crippen molar-refractivity contribution < 1.29 is 9.53 Å². The quantitative estimate of drug-likeness (QED) is 0.486. The summed E-state index contributed by atoms with van der Waals surface area (Å²) in [6.07, 6.45) is 0. The normalized spacial score (nSPS) is 14.3. The number of hydrogen-bond acceptors (Lipinski definition) is 7. The Kier molecular flexibility index (Phi) is 7.85. The molecular weight excluding hydrogens is 436 g/mol. The summed E-state index contributed by atoms with van der Waals surface area (Å²) in [5, 5.41) is 12.2. The van der Waals surface area contributed by atoms with E-state index in [2.05, 4.69) is 49.6 Å². The van der Waals surface area contributed by atoms with Crippen molar-refractivity contribution in [1.29, 1.82) is 0 Å². The third-order valence-electron chi connectivity index (χ3n) is 5.70. The van der Waals surface area contributed by atoms with Gasteiger partial charge in [-0.3, -0.25) is 14.3 Å². The average Bonchev–Trinajstić information content (AvgIpc) is 3.24. The number of thioether (sulfide) groups is 1. The number of rotatable bonds is 9. The van der Waals surface area contributed by atoms with Gasteiger partial charge < -0.3 is 15.0 Å². The monoisotopic (exact) mass is 466 g/mol. The minimum Gasteiger partial charge on any atom is -0.497 e. The third-order valence-corrected chi connectivity index (χ3v) is 6.63. The number of anilines is 1. The first kappa shape index (κ1) is 23.1. The maximum Gasteiger partial charge on any atom is 0.230 e. The van der Waals surface area contributed by atoms with Crippen molar-refractivity contribution in [1.82, 2.24) is 25.0 Å². The molecule has 9 heteroatoms. The van der Waals surface area contributed by atoms with Gasteiger partial charge in [0.2, 0.25) is 5.91 Å². The highest BCUT2D eigenvalue weighted by atomic mass is 32.2. The van der Waals surface area contributed by atoms with Crippen LogP contribution in [0.1, 0.15) is 5.82 Å². The first-order valence-electron chi connectivity index (χ1n) is 11.1. The SMILES string of the molecule is COc1ccc(-n2c(C)nnc2SCC(=O)NCCN2CCN(c3ccccc3)CC2)cc1. The Morgan fingerprint density at radius 3 is 2.42 bits per heavy atom. The van der Waals surface area contributed by atoms with Crippen molar-refractivity contribution >= 4 is 23.4 Å². The van der Waals surface area contributed by atoms with Gasteiger partial charge in [0, 0.05) is 50.6 Å². The Morgan fingerprint density at radius 1 is 1.00 bits per heavy atom. The van der Waals surface area contributed by atoms with Crippen LogP contribution in [0.25, 0.3) is 5.69 Å². The van der Waals surface area contributed by atoms with Gasteiger partial charge in [0.1, 0.15) is 11.6 Å². The number of nitrogens with one attached hydrogen (secondary N) is 1. The van der Waals surface area contributed by atoms with Gasteiger partial charge in [0.25, 0.3) is 0 Å². The summed E-state index contributed by atoms with van der Waals surface area (Å²) >= 11 is 1.39. The predicted molar refractivity (Wildman–Crippen MR) is 131 cm³/mol. The molecule has 1 saturated heterocycles. The molecule has 1 N–H and O–H groups in total. The summed E-state index contributed by atoms with van der Waals surface area (Å²) in [6, 6.07) is 18.2. The zero-order valence-corrected chi connectivity index (χ0v) is 19.9. The van der Waals surface area contributed by atoms with Crippen molar-refractivity contribution in [3.05, 3.63) is 60.4 Å². The molecular formula is C24H30N6O2S. The van der Waals surface area contributed by atoms with Gasteiger partial charge in [-0.1, -0.05) is 30.0 Å². The molecule has 4 rings (SSSR count). The van der Waals surface area contributed by atoms with Crippen molar-refractivity contribution in [2.75, 3.05) is 57.0 Å². The van der Waals surface area contributed by atoms with Gasteiger partial charge in [0.05, 0.1) is 12.9 Å². The first-order valence-corrected chi connectivity index (χ1v) is 12.1. The molecule has 1 aromatic heterocycles. The van der Waals surface area contributed by atoms with Crippen LogP contribution in [0.4, 0.5) is 5.69 Å². The van der Waals surface area contributed by atoms with Gasteiger partial charge in [0.15, 0.2) is 5.16 Å². The molecule has 1 fully saturated rings. The lowest BCUT2D eigenvalue weighted by Crippen LogP contribution is -2.48. The largest absolute Gasteiger partial charge is 0.497 e. The van der Waals surface area contributed by atoms with E-state index in [0.29, 0.717) is 17.5 Å². The Morgan fingerprint density at radius 2 is 1.73 bits per heavy atom. The van der Waals surface area contributed by atoms with Gasteiger partial charge in [-0.25, -0.2) is 0 Å². The lowest BCUT2D eigenvalue weighted by molar-refractivity contribution is -0.118. The van der Waals surface area contributed by atoms with E-state index in [-0.39, 0.29) is 5.91 Å². The predicted octanol–water partition coefficient (Wildman–Crippen LogP) is 2.61. The summed E-state index contributed by atoms with van der Waals surface area (Å²) in [4.78, 5) is 17.2. The number of benzene rings is 2. The van der Waals surface area contributed by atoms with Crippen molar-refractivity contribution in [3.8, 4) is 11.4 Å². The molecule has 0 radical (unpaired) electrons. The lowest BCUT2D eigenvalue weighted by atomic mass is 10.2. The second-order valence-corrected chi connectivity index (χ2v) is 8.81. The molecule has 0 bridgehead atoms. The third kappa shape index (κ3) is 6.06. The number of para-hydroxylation sites is 1. The van der Waals surface area contributed by atoms with Gasteiger partial charge >= 0.3 is 0 Å². The standard InChI is InChI=1S/C24H30N6O2S/c1-19-26-27-24(30(19)21-8-10-22(32-2)11-9-21)33-18-23(31)25-12-13-28-14-16-29(17-15-28)20-6-4-3-5-7-20/h3-11H,12-18H2,1-2H3,(H,25,31). The Balaban J connectivity index is 1.20. The molecule has 1 amide bonds. The number of carbonyl (C=O) groups excluding carboxylic acids is 1. The Labute approximate surface area is 198 Å². The van der Waals surface area contributed by atoms with Crippen LogP contribution in [0.5, 0.6) is 5.75 Å². The van der Waals surface area contributed by atoms with E-state index in [1.807, 2.05) is 41.8 Å². The lowest BCUT2D eigenvalue weighted by Gasteiger charge is -2.36. The molecule has 8 nitrogen and oxygen atoms in total. The maximum atomic E-state index is 12.4. The van der Waals surface area contributed by atoms with E-state index < -0.39 is 0 Å². The number of nitrogens with zero attached hydrogens (tertiary/aromatic N) is 5. The van der Waals surface area contributed by atoms with Crippen LogP contribution >= 0.6 is 11.8 Å². The molecule has 0 spiro atoms. The zero-order chi connectivity index (χ0) is 23.0. The fourth-order valence-electron chi connectivity index (χ4n) is 3.87. The van der Waals surface area contributed by atoms with E-state index in [0.717, 1.165) is 50.0 Å². The minimum atomic E-state index is 0.00450. The van der Waals surface area contributed by atoms with Gasteiger partial charge in [-0.05, 0) is 43.3 Å². The van der Waals surface area contributed by atoms with Crippen LogP contribution in [-0.2, 0) is 4.79 Å². The number of aryl methyl sites for hydroxylation is 1. The fraction of sp³-hybridized carbons (Fsp3) is 0.375. The van der Waals surface area contributed by atoms with E-state index in [4.69, 9.17) is 4.74 Å². The van der Waals surface area contributed by atoms with Crippen LogP contribution in [0.15, 0.2) is 59.8 Å². The highest BCUT2D eigenvalue weighted by Gasteiger charge is 2.17. The number of piperazine rings is 1. The van der Waals surface area contributed by atoms with Crippen LogP contribution in [0.2, 0.25) is 0 Å². The maximum absolute atomic E-state index is 12.4. The fourth-order valence-corrected chi connectivity index (χ4v) is 4.70. The van der Waals surface area contributed by atoms with Crippen molar-refractivity contribution in [3.63, 3.8) is 0 Å². The molecule has 0 saturated carbocycles. The van der Waals surface area contributed by atoms with Crippen LogP contribution < -0.4 is 15.0 Å². The molecule has 174 valence electrons. The van der Waals surface area contributed by atoms with Crippen LogP contribution in [0.3, 0.4) is 0 Å². The molecule has 2 heterocycles. The zero-order valence-electron chi connectivity index (χ0n) is 19.1. The van der Waals surface area contributed by atoms with E-state index in [9.17, 15) is 4.79 Å². The van der Waals surface area contributed by atoms with Gasteiger partial charge in [-0.15, -0.1) is 10.2 Å². The number of aromatic nitrogens is 3. The number of amides is 1. The van der Waals surface area contributed by atoms with Crippen LogP contribution in [-0.4, -0.2) is 77.7 Å². The summed E-state index contributed by atoms with van der Waals surface area (Å²) in [5.41, 5.74) is 2.22. The molecule has 3 aromatic rings. The van der Waals surface area contributed by atoms with Gasteiger partial charge in [-0.2, -0.15) is 0 Å². The molecule has 2 aromatic carbocycles. The summed E-state index contributed by atoms with van der Waals surface area (Å²) in [5.74, 6) is 1.87. The molecule has 33 heavy (non-hydrogen) atoms. The minimum absolute atomic E-state index is 0.00450. The summed E-state index contributed by atoms with van der Waals surface area (Å²) in [7, 11) is 1.64. The number of methoxy groups -OCH3 is 1. The number of hydrogen-bond donors (Lipinski definition) is 1. The van der Waals surface area contributed by atoms with E-state index >= 15 is 0 Å². The average molecular weight is 467 g/mol. The molecule has 1 aliphatic heterocycles. The highest BCUT2D eigenvalue weighted by Crippen LogP contribution is 2.23. The summed E-state index contributed by atoms with van der Waals surface area (Å²) in [6.45, 7) is 7.43. The second-order valence-electron chi connectivity index (χ2n) is 7.87. The smallest absolute Gasteiger partial charge is 0.230 e.